The van der Waals surface area contributed by atoms with Gasteiger partial charge in [0.1, 0.15) is 11.6 Å². The summed E-state index contributed by atoms with van der Waals surface area (Å²) in [5.41, 5.74) is 2.11. The van der Waals surface area contributed by atoms with Crippen LogP contribution in [0.5, 0.6) is 5.75 Å². The molecule has 0 aliphatic carbocycles. The number of carbonyl (C=O) groups is 1. The number of sulfone groups is 1. The Labute approximate surface area is 216 Å². The van der Waals surface area contributed by atoms with Crippen molar-refractivity contribution in [3.05, 3.63) is 53.1 Å². The average molecular weight is 514 g/mol. The van der Waals surface area contributed by atoms with E-state index < -0.39 is 15.8 Å². The summed E-state index contributed by atoms with van der Waals surface area (Å²) < 4.78 is 35.6. The van der Waals surface area contributed by atoms with E-state index in [-0.39, 0.29) is 16.3 Å². The van der Waals surface area contributed by atoms with Crippen LogP contribution in [0.25, 0.3) is 0 Å². The minimum Gasteiger partial charge on any atom is -0.497 e. The number of ether oxygens (including phenoxy) is 2. The molecule has 0 radical (unpaired) electrons. The van der Waals surface area contributed by atoms with Crippen molar-refractivity contribution in [1.82, 2.24) is 0 Å². The van der Waals surface area contributed by atoms with E-state index in [4.69, 9.17) is 9.47 Å². The van der Waals surface area contributed by atoms with Gasteiger partial charge in [0, 0.05) is 12.0 Å². The molecule has 0 aliphatic rings. The van der Waals surface area contributed by atoms with E-state index in [1.807, 2.05) is 13.0 Å². The Bertz CT molecular complexity index is 1140. The van der Waals surface area contributed by atoms with Gasteiger partial charge in [-0.25, -0.2) is 13.2 Å². The lowest BCUT2D eigenvalue weighted by atomic mass is 10.0. The number of aryl methyl sites for hydroxylation is 1. The first kappa shape index (κ1) is 29.3. The van der Waals surface area contributed by atoms with Crippen LogP contribution >= 0.6 is 0 Å². The van der Waals surface area contributed by atoms with Gasteiger partial charge in [-0.2, -0.15) is 0 Å². The number of rotatable bonds is 14. The zero-order valence-corrected chi connectivity index (χ0v) is 22.8. The maximum Gasteiger partial charge on any atom is 0.340 e. The fraction of sp³-hybridized carbons (Fsp3) is 0.483. The van der Waals surface area contributed by atoms with Crippen molar-refractivity contribution in [1.29, 1.82) is 0 Å². The number of nitrogens with one attached hydrogen (secondary N) is 1. The summed E-state index contributed by atoms with van der Waals surface area (Å²) in [6, 6.07) is 9.69. The molecule has 6 nitrogen and oxygen atoms in total. The molecule has 0 saturated carbocycles. The lowest BCUT2D eigenvalue weighted by molar-refractivity contribution is 0.0601. The largest absolute Gasteiger partial charge is 0.497 e. The highest BCUT2D eigenvalue weighted by atomic mass is 32.2. The Balaban J connectivity index is 2.04. The van der Waals surface area contributed by atoms with E-state index in [0.29, 0.717) is 17.0 Å². The Kier molecular flexibility index (Phi) is 12.4. The third-order valence-corrected chi connectivity index (χ3v) is 7.50. The molecular weight excluding hydrogens is 474 g/mol. The van der Waals surface area contributed by atoms with E-state index in [2.05, 4.69) is 24.1 Å². The van der Waals surface area contributed by atoms with Crippen molar-refractivity contribution in [3.63, 3.8) is 0 Å². The van der Waals surface area contributed by atoms with Crippen LogP contribution in [0.3, 0.4) is 0 Å². The average Bonchev–Trinajstić information content (AvgIpc) is 2.88. The molecule has 2 aromatic rings. The van der Waals surface area contributed by atoms with Crippen molar-refractivity contribution >= 4 is 21.5 Å². The van der Waals surface area contributed by atoms with Gasteiger partial charge in [0.2, 0.25) is 0 Å². The van der Waals surface area contributed by atoms with E-state index >= 15 is 0 Å². The monoisotopic (exact) mass is 513 g/mol. The topological polar surface area (TPSA) is 81.7 Å². The van der Waals surface area contributed by atoms with Crippen LogP contribution in [0.4, 0.5) is 5.69 Å². The van der Waals surface area contributed by atoms with Crippen molar-refractivity contribution in [2.75, 3.05) is 25.4 Å². The first-order chi connectivity index (χ1) is 17.3. The minimum atomic E-state index is -3.64. The van der Waals surface area contributed by atoms with Crippen molar-refractivity contribution < 1.29 is 22.7 Å². The number of anilines is 1. The van der Waals surface area contributed by atoms with Gasteiger partial charge in [-0.05, 0) is 55.3 Å². The fourth-order valence-electron chi connectivity index (χ4n) is 3.91. The van der Waals surface area contributed by atoms with E-state index in [9.17, 15) is 13.2 Å². The highest BCUT2D eigenvalue weighted by Crippen LogP contribution is 2.25. The zero-order valence-electron chi connectivity index (χ0n) is 22.0. The number of methoxy groups -OCH3 is 2. The molecule has 1 N–H and O–H groups in total. The smallest absolute Gasteiger partial charge is 0.340 e. The van der Waals surface area contributed by atoms with Gasteiger partial charge >= 0.3 is 5.97 Å². The van der Waals surface area contributed by atoms with E-state index in [1.165, 1.54) is 71.3 Å². The molecule has 0 amide bonds. The number of unbranched alkanes of at least 4 members (excludes halogenated alkanes) is 8. The molecule has 2 rings (SSSR count). The van der Waals surface area contributed by atoms with Crippen LogP contribution in [0, 0.1) is 18.8 Å². The number of hydrogen-bond donors (Lipinski definition) is 1. The Hall–Kier alpha value is -2.98. The van der Waals surface area contributed by atoms with Crippen molar-refractivity contribution in [2.45, 2.75) is 76.5 Å². The molecule has 0 heterocycles. The second-order valence-electron chi connectivity index (χ2n) is 8.85. The summed E-state index contributed by atoms with van der Waals surface area (Å²) in [5.74, 6) is 6.01. The summed E-state index contributed by atoms with van der Waals surface area (Å²) in [4.78, 5) is 12.6. The molecule has 0 atom stereocenters. The van der Waals surface area contributed by atoms with Gasteiger partial charge in [0.05, 0.1) is 30.4 Å². The third kappa shape index (κ3) is 9.23. The molecule has 2 aromatic carbocycles. The first-order valence-electron chi connectivity index (χ1n) is 12.6. The van der Waals surface area contributed by atoms with Crippen LogP contribution in [0.1, 0.15) is 86.2 Å². The van der Waals surface area contributed by atoms with E-state index in [1.54, 1.807) is 18.2 Å². The lowest BCUT2D eigenvalue weighted by Gasteiger charge is -2.15. The Morgan fingerprint density at radius 1 is 0.944 bits per heavy atom. The summed E-state index contributed by atoms with van der Waals surface area (Å²) in [5, 5.41) is 2.93. The normalized spacial score (nSPS) is 10.9. The highest BCUT2D eigenvalue weighted by Gasteiger charge is 2.19. The van der Waals surface area contributed by atoms with Crippen LogP contribution in [0.2, 0.25) is 0 Å². The molecule has 0 spiro atoms. The van der Waals surface area contributed by atoms with Gasteiger partial charge in [0.25, 0.3) is 0 Å². The predicted molar refractivity (Wildman–Crippen MR) is 145 cm³/mol. The van der Waals surface area contributed by atoms with Gasteiger partial charge in [-0.1, -0.05) is 63.7 Å². The molecule has 0 fully saturated rings. The second kappa shape index (κ2) is 15.2. The summed E-state index contributed by atoms with van der Waals surface area (Å²) in [6.45, 7) is 4.05. The SMILES string of the molecule is CCCCCCCCCCC#Cc1cc(C)c(NCS(=O)(=O)c2ccc(OC)cc2)c(C(=O)OC)c1. The number of carbonyl (C=O) groups excluding carboxylic acids is 1. The van der Waals surface area contributed by atoms with Crippen LogP contribution < -0.4 is 10.1 Å². The van der Waals surface area contributed by atoms with Gasteiger partial charge in [0.15, 0.2) is 9.84 Å². The second-order valence-corrected chi connectivity index (χ2v) is 10.8. The van der Waals surface area contributed by atoms with Crippen molar-refractivity contribution in [3.8, 4) is 17.6 Å². The molecule has 0 aromatic heterocycles. The zero-order chi connectivity index (χ0) is 26.4. The molecule has 0 bridgehead atoms. The van der Waals surface area contributed by atoms with E-state index in [0.717, 1.165) is 18.4 Å². The maximum absolute atomic E-state index is 12.8. The third-order valence-electron chi connectivity index (χ3n) is 5.99. The van der Waals surface area contributed by atoms with Gasteiger partial charge in [-0.15, -0.1) is 0 Å². The quantitative estimate of drug-likeness (QED) is 0.176. The summed E-state index contributed by atoms with van der Waals surface area (Å²) >= 11 is 0. The molecule has 0 aliphatic heterocycles. The Morgan fingerprint density at radius 2 is 1.58 bits per heavy atom. The number of benzene rings is 2. The molecule has 0 unspecified atom stereocenters. The van der Waals surface area contributed by atoms with Gasteiger partial charge < -0.3 is 14.8 Å². The summed E-state index contributed by atoms with van der Waals surface area (Å²) in [6.07, 6.45) is 10.8. The number of esters is 1. The predicted octanol–water partition coefficient (Wildman–Crippen LogP) is 6.52. The highest BCUT2D eigenvalue weighted by molar-refractivity contribution is 7.91. The van der Waals surface area contributed by atoms with Crippen LogP contribution in [-0.2, 0) is 14.6 Å². The molecule has 196 valence electrons. The molecule has 36 heavy (non-hydrogen) atoms. The van der Waals surface area contributed by atoms with Crippen LogP contribution in [-0.4, -0.2) is 34.5 Å². The van der Waals surface area contributed by atoms with Crippen molar-refractivity contribution in [2.24, 2.45) is 0 Å². The van der Waals surface area contributed by atoms with Gasteiger partial charge in [-0.3, -0.25) is 0 Å². The standard InChI is InChI=1S/C29H39NO5S/c1-5-6-7-8-9-10-11-12-13-14-15-24-20-23(2)28(27(21-24)29(31)35-4)30-22-36(32,33)26-18-16-25(34-3)17-19-26/h16-21,30H,5-13,22H2,1-4H3. The Morgan fingerprint density at radius 3 is 2.19 bits per heavy atom. The fourth-order valence-corrected chi connectivity index (χ4v) is 4.96. The molecule has 0 saturated heterocycles. The maximum atomic E-state index is 12.8. The lowest BCUT2D eigenvalue weighted by Crippen LogP contribution is -2.18. The first-order valence-corrected chi connectivity index (χ1v) is 14.3. The van der Waals surface area contributed by atoms with Crippen LogP contribution in [0.15, 0.2) is 41.3 Å². The molecular formula is C29H39NO5S. The number of hydrogen-bond acceptors (Lipinski definition) is 6. The minimum absolute atomic E-state index is 0.163. The summed E-state index contributed by atoms with van der Waals surface area (Å²) in [7, 11) is -0.816. The molecule has 7 heteroatoms.